The van der Waals surface area contributed by atoms with Crippen LogP contribution in [0.2, 0.25) is 0 Å². The Kier molecular flexibility index (Phi) is 9.58. The van der Waals surface area contributed by atoms with Gasteiger partial charge < -0.3 is 35.8 Å². The van der Waals surface area contributed by atoms with E-state index in [4.69, 9.17) is 4.52 Å². The van der Waals surface area contributed by atoms with E-state index in [1.165, 1.54) is 36.2 Å². The molecule has 3 aromatic rings. The first-order valence-corrected chi connectivity index (χ1v) is 14.4. The zero-order valence-corrected chi connectivity index (χ0v) is 24.5. The SMILES string of the molecule is CC(C)[C@@H]1NC(=O)[C@H](C)NC(=O)[C@H]([C@@H](C)O)NC(=O)c2cc(on2)CN(C(=O)c2cc3ccccc3s2)CCNC1=O. The second kappa shape index (κ2) is 13.1. The van der Waals surface area contributed by atoms with Crippen molar-refractivity contribution in [2.45, 2.75) is 58.5 Å². The van der Waals surface area contributed by atoms with Crippen LogP contribution >= 0.6 is 11.3 Å². The average Bonchev–Trinajstić information content (AvgIpc) is 3.59. The summed E-state index contributed by atoms with van der Waals surface area (Å²) in [7, 11) is 0. The maximum absolute atomic E-state index is 13.6. The lowest BCUT2D eigenvalue weighted by atomic mass is 10.0. The van der Waals surface area contributed by atoms with Gasteiger partial charge in [0.15, 0.2) is 11.5 Å². The number of benzene rings is 1. The molecular weight excluding hydrogens is 564 g/mol. The highest BCUT2D eigenvalue weighted by atomic mass is 32.1. The van der Waals surface area contributed by atoms with Crippen LogP contribution in [0, 0.1) is 5.92 Å². The lowest BCUT2D eigenvalue weighted by Crippen LogP contribution is -2.58. The predicted octanol–water partition coefficient (Wildman–Crippen LogP) is 0.786. The molecule has 2 aromatic heterocycles. The van der Waals surface area contributed by atoms with Gasteiger partial charge in [0.05, 0.1) is 17.5 Å². The highest BCUT2D eigenvalue weighted by molar-refractivity contribution is 7.20. The van der Waals surface area contributed by atoms with Gasteiger partial charge in [-0.05, 0) is 37.3 Å². The highest BCUT2D eigenvalue weighted by Crippen LogP contribution is 2.27. The number of thiophene rings is 1. The van der Waals surface area contributed by atoms with Gasteiger partial charge in [0.25, 0.3) is 11.8 Å². The summed E-state index contributed by atoms with van der Waals surface area (Å²) in [6, 6.07) is 7.29. The summed E-state index contributed by atoms with van der Waals surface area (Å²) in [5.41, 5.74) is -0.169. The Bertz CT molecular complexity index is 1450. The van der Waals surface area contributed by atoms with Crippen LogP contribution in [0.25, 0.3) is 10.1 Å². The van der Waals surface area contributed by atoms with Gasteiger partial charge in [-0.1, -0.05) is 37.2 Å². The van der Waals surface area contributed by atoms with Gasteiger partial charge in [0.2, 0.25) is 17.7 Å². The topological polar surface area (TPSA) is 183 Å². The van der Waals surface area contributed by atoms with E-state index < -0.39 is 47.9 Å². The number of aliphatic hydroxyl groups excluding tert-OH is 1. The minimum Gasteiger partial charge on any atom is -0.391 e. The van der Waals surface area contributed by atoms with Crippen LogP contribution in [0.5, 0.6) is 0 Å². The van der Waals surface area contributed by atoms with Gasteiger partial charge in [-0.2, -0.15) is 0 Å². The van der Waals surface area contributed by atoms with Crippen molar-refractivity contribution >= 4 is 51.0 Å². The fourth-order valence-electron chi connectivity index (χ4n) is 4.40. The molecule has 1 aliphatic heterocycles. The number of carbonyl (C=O) groups excluding carboxylic acids is 5. The molecular formula is C28H34N6O7S. The molecule has 5 amide bonds. The number of amides is 5. The third-order valence-electron chi connectivity index (χ3n) is 6.79. The van der Waals surface area contributed by atoms with Crippen molar-refractivity contribution < 1.29 is 33.6 Å². The van der Waals surface area contributed by atoms with Crippen LogP contribution in [0.1, 0.15) is 53.6 Å². The van der Waals surface area contributed by atoms with E-state index >= 15 is 0 Å². The number of hydrogen-bond acceptors (Lipinski definition) is 9. The number of fused-ring (bicyclic) bond motifs is 3. The van der Waals surface area contributed by atoms with Gasteiger partial charge in [-0.25, -0.2) is 0 Å². The molecule has 3 heterocycles. The molecule has 0 fully saturated rings. The van der Waals surface area contributed by atoms with Crippen LogP contribution in [0.4, 0.5) is 0 Å². The largest absolute Gasteiger partial charge is 0.391 e. The summed E-state index contributed by atoms with van der Waals surface area (Å²) in [4.78, 5) is 67.3. The zero-order chi connectivity index (χ0) is 30.6. The highest BCUT2D eigenvalue weighted by Gasteiger charge is 2.32. The standard InChI is InChI=1S/C28H34N6O7S/c1-14(2)22-26(38)29-9-10-34(28(40)21-11-17-7-5-6-8-20(17)42-21)13-18-12-19(33-41-18)25(37)32-23(16(4)35)27(39)30-15(3)24(36)31-22/h5-8,11-12,14-16,22-23,35H,9-10,13H2,1-4H3,(H,29,38)(H,30,39)(H,31,36)(H,32,37)/t15-,16+,22-,23-/m0/s1. The van der Waals surface area contributed by atoms with Gasteiger partial charge in [0.1, 0.15) is 18.1 Å². The van der Waals surface area contributed by atoms with E-state index in [0.717, 1.165) is 10.1 Å². The van der Waals surface area contributed by atoms with Crippen LogP contribution in [0.15, 0.2) is 40.9 Å². The summed E-state index contributed by atoms with van der Waals surface area (Å²) in [5.74, 6) is -3.09. The van der Waals surface area contributed by atoms with E-state index in [1.54, 1.807) is 19.9 Å². The summed E-state index contributed by atoms with van der Waals surface area (Å²) in [6.45, 7) is 6.35. The van der Waals surface area contributed by atoms with Crippen molar-refractivity contribution in [3.63, 3.8) is 0 Å². The average molecular weight is 599 g/mol. The monoisotopic (exact) mass is 598 g/mol. The Morgan fingerprint density at radius 3 is 2.45 bits per heavy atom. The number of nitrogens with one attached hydrogen (secondary N) is 4. The summed E-state index contributed by atoms with van der Waals surface area (Å²) in [5, 5.41) is 25.2. The number of aliphatic hydroxyl groups is 1. The van der Waals surface area contributed by atoms with Gasteiger partial charge in [-0.3, -0.25) is 24.0 Å². The van der Waals surface area contributed by atoms with Crippen LogP contribution in [-0.4, -0.2) is 82.0 Å². The first-order chi connectivity index (χ1) is 19.9. The van der Waals surface area contributed by atoms with Gasteiger partial charge in [-0.15, -0.1) is 11.3 Å². The molecule has 1 aromatic carbocycles. The van der Waals surface area contributed by atoms with E-state index in [2.05, 4.69) is 26.4 Å². The first-order valence-electron chi connectivity index (χ1n) is 13.6. The van der Waals surface area contributed by atoms with Gasteiger partial charge >= 0.3 is 0 Å². The molecule has 13 nitrogen and oxygen atoms in total. The number of hydrogen-bond donors (Lipinski definition) is 5. The Balaban J connectivity index is 1.65. The van der Waals surface area contributed by atoms with E-state index in [9.17, 15) is 29.1 Å². The second-order valence-electron chi connectivity index (χ2n) is 10.5. The molecule has 14 heteroatoms. The molecule has 0 aliphatic carbocycles. The van der Waals surface area contributed by atoms with Crippen molar-refractivity contribution in [1.82, 2.24) is 31.3 Å². The minimum absolute atomic E-state index is 0.0641. The molecule has 0 unspecified atom stereocenters. The smallest absolute Gasteiger partial charge is 0.274 e. The third-order valence-corrected chi connectivity index (χ3v) is 7.90. The zero-order valence-electron chi connectivity index (χ0n) is 23.7. The molecule has 224 valence electrons. The molecule has 0 saturated carbocycles. The molecule has 0 spiro atoms. The normalized spacial score (nSPS) is 22.0. The van der Waals surface area contributed by atoms with E-state index in [1.807, 2.05) is 24.3 Å². The molecule has 0 radical (unpaired) electrons. The summed E-state index contributed by atoms with van der Waals surface area (Å²) in [6.07, 6.45) is -1.32. The van der Waals surface area contributed by atoms with Crippen LogP contribution in [0.3, 0.4) is 0 Å². The molecule has 4 rings (SSSR count). The molecule has 5 N–H and O–H groups in total. The van der Waals surface area contributed by atoms with Crippen molar-refractivity contribution in [3.8, 4) is 0 Å². The lowest BCUT2D eigenvalue weighted by Gasteiger charge is -2.26. The quantitative estimate of drug-likeness (QED) is 0.293. The van der Waals surface area contributed by atoms with Crippen LogP contribution in [-0.2, 0) is 20.9 Å². The lowest BCUT2D eigenvalue weighted by molar-refractivity contribution is -0.133. The minimum atomic E-state index is -1.41. The fraction of sp³-hybridized carbons (Fsp3) is 0.429. The number of carbonyl (C=O) groups is 5. The predicted molar refractivity (Wildman–Crippen MR) is 153 cm³/mol. The van der Waals surface area contributed by atoms with Crippen LogP contribution < -0.4 is 21.3 Å². The fourth-order valence-corrected chi connectivity index (χ4v) is 5.44. The van der Waals surface area contributed by atoms with E-state index in [0.29, 0.717) is 4.88 Å². The van der Waals surface area contributed by atoms with Crippen molar-refractivity contribution in [1.29, 1.82) is 0 Å². The molecule has 1 aliphatic rings. The van der Waals surface area contributed by atoms with Gasteiger partial charge in [0, 0.05) is 23.9 Å². The molecule has 42 heavy (non-hydrogen) atoms. The van der Waals surface area contributed by atoms with E-state index in [-0.39, 0.29) is 42.9 Å². The number of nitrogens with zero attached hydrogens (tertiary/aromatic N) is 2. The number of rotatable bonds is 3. The maximum Gasteiger partial charge on any atom is 0.274 e. The van der Waals surface area contributed by atoms with Crippen molar-refractivity contribution in [2.75, 3.05) is 13.1 Å². The Morgan fingerprint density at radius 1 is 1.02 bits per heavy atom. The number of aromatic nitrogens is 1. The third kappa shape index (κ3) is 7.12. The Hall–Kier alpha value is -4.30. The Labute approximate surface area is 246 Å². The molecule has 4 atom stereocenters. The maximum atomic E-state index is 13.6. The Morgan fingerprint density at radius 2 is 1.76 bits per heavy atom. The van der Waals surface area contributed by atoms with Crippen molar-refractivity contribution in [2.24, 2.45) is 5.92 Å². The first kappa shape index (κ1) is 30.7. The van der Waals surface area contributed by atoms with Crippen molar-refractivity contribution in [3.05, 3.63) is 52.7 Å². The molecule has 2 bridgehead atoms. The molecule has 0 saturated heterocycles. The summed E-state index contributed by atoms with van der Waals surface area (Å²) < 4.78 is 6.28. The summed E-state index contributed by atoms with van der Waals surface area (Å²) >= 11 is 1.33. The second-order valence-corrected chi connectivity index (χ2v) is 11.6.